The van der Waals surface area contributed by atoms with Crippen molar-refractivity contribution in [3.8, 4) is 0 Å². The van der Waals surface area contributed by atoms with Crippen molar-refractivity contribution < 1.29 is 28.0 Å². The maximum atomic E-state index is 12.8. The highest BCUT2D eigenvalue weighted by molar-refractivity contribution is 7.89. The Morgan fingerprint density at radius 1 is 1.31 bits per heavy atom. The Morgan fingerprint density at radius 3 is 2.65 bits per heavy atom. The van der Waals surface area contributed by atoms with Gasteiger partial charge in [-0.3, -0.25) is 5.21 Å². The van der Waals surface area contributed by atoms with Crippen molar-refractivity contribution in [1.29, 1.82) is 0 Å². The minimum absolute atomic E-state index is 0.0249. The molecule has 4 rings (SSSR count). The lowest BCUT2D eigenvalue weighted by Gasteiger charge is -2.27. The number of ether oxygens (including phenoxy) is 1. The summed E-state index contributed by atoms with van der Waals surface area (Å²) in [4.78, 5) is 25.4. The maximum Gasteiger partial charge on any atom is 0.345 e. The fourth-order valence-electron chi connectivity index (χ4n) is 3.22. The smallest absolute Gasteiger partial charge is 0.345 e. The van der Waals surface area contributed by atoms with Crippen molar-refractivity contribution in [2.75, 3.05) is 13.7 Å². The van der Waals surface area contributed by atoms with Crippen LogP contribution in [-0.4, -0.2) is 58.4 Å². The molecule has 11 heteroatoms. The monoisotopic (exact) mass is 378 g/mol. The molecule has 1 saturated heterocycles. The van der Waals surface area contributed by atoms with Crippen LogP contribution in [0.2, 0.25) is 0 Å². The predicted octanol–water partition coefficient (Wildman–Crippen LogP) is 0.516. The molecule has 2 aromatic rings. The average Bonchev–Trinajstić information content (AvgIpc) is 3.20. The van der Waals surface area contributed by atoms with Crippen LogP contribution in [0.25, 0.3) is 0 Å². The lowest BCUT2D eigenvalue weighted by atomic mass is 9.98. The van der Waals surface area contributed by atoms with Crippen molar-refractivity contribution >= 4 is 22.0 Å². The van der Waals surface area contributed by atoms with E-state index in [1.54, 1.807) is 18.2 Å². The minimum Gasteiger partial charge on any atom is -0.467 e. The van der Waals surface area contributed by atoms with Crippen LogP contribution in [0.4, 0.5) is 4.79 Å². The van der Waals surface area contributed by atoms with Gasteiger partial charge in [-0.05, 0) is 12.1 Å². The van der Waals surface area contributed by atoms with Gasteiger partial charge >= 0.3 is 12.0 Å². The summed E-state index contributed by atoms with van der Waals surface area (Å²) < 4.78 is 31.0. The fraction of sp³-hybridized carbons (Fsp3) is 0.267. The molecule has 0 spiro atoms. The summed E-state index contributed by atoms with van der Waals surface area (Å²) in [5, 5.41) is 14.5. The molecule has 0 saturated carbocycles. The summed E-state index contributed by atoms with van der Waals surface area (Å²) in [7, 11) is -2.83. The Bertz CT molecular complexity index is 1000. The molecule has 2 aliphatic heterocycles. The Labute approximate surface area is 148 Å². The quantitative estimate of drug-likeness (QED) is 0.610. The molecule has 0 unspecified atom stereocenters. The number of carbonyl (C=O) groups is 2. The first-order valence-corrected chi connectivity index (χ1v) is 9.07. The van der Waals surface area contributed by atoms with Gasteiger partial charge in [0.25, 0.3) is 10.0 Å². The second-order valence-electron chi connectivity index (χ2n) is 5.88. The molecule has 2 amide bonds. The first-order valence-electron chi connectivity index (χ1n) is 7.63. The van der Waals surface area contributed by atoms with Crippen LogP contribution in [0.5, 0.6) is 0 Å². The van der Waals surface area contributed by atoms with E-state index in [0.717, 1.165) is 16.1 Å². The van der Waals surface area contributed by atoms with Gasteiger partial charge in [-0.2, -0.15) is 22.7 Å². The molecule has 1 aromatic carbocycles. The summed E-state index contributed by atoms with van der Waals surface area (Å²) in [6.45, 7) is 0.0270. The summed E-state index contributed by atoms with van der Waals surface area (Å²) >= 11 is 0. The number of esters is 1. The third-order valence-electron chi connectivity index (χ3n) is 4.50. The number of benzene rings is 1. The molecule has 3 heterocycles. The highest BCUT2D eigenvalue weighted by atomic mass is 32.2. The van der Waals surface area contributed by atoms with Crippen molar-refractivity contribution in [2.24, 2.45) is 0 Å². The molecule has 0 aliphatic carbocycles. The van der Waals surface area contributed by atoms with E-state index in [9.17, 15) is 23.2 Å². The lowest BCUT2D eigenvalue weighted by molar-refractivity contribution is -0.146. The van der Waals surface area contributed by atoms with E-state index in [1.165, 1.54) is 18.3 Å². The zero-order valence-electron chi connectivity index (χ0n) is 13.5. The van der Waals surface area contributed by atoms with Crippen LogP contribution in [0.15, 0.2) is 41.4 Å². The number of hydroxylamine groups is 2. The van der Waals surface area contributed by atoms with Crippen molar-refractivity contribution in [1.82, 2.24) is 19.1 Å². The molecule has 0 radical (unpaired) electrons. The number of hydrogen-bond donors (Lipinski definition) is 1. The number of fused-ring (bicyclic) bond motifs is 4. The van der Waals surface area contributed by atoms with Crippen LogP contribution >= 0.6 is 0 Å². The van der Waals surface area contributed by atoms with Crippen molar-refractivity contribution in [3.63, 3.8) is 0 Å². The molecule has 136 valence electrons. The molecule has 2 atom stereocenters. The summed E-state index contributed by atoms with van der Waals surface area (Å²) in [6, 6.07) is 4.89. The Balaban J connectivity index is 1.87. The van der Waals surface area contributed by atoms with Gasteiger partial charge in [-0.1, -0.05) is 18.2 Å². The number of hydrogen-bond acceptors (Lipinski definition) is 7. The number of urea groups is 1. The van der Waals surface area contributed by atoms with Crippen LogP contribution in [0, 0.1) is 0 Å². The number of aromatic nitrogens is 2. The van der Waals surface area contributed by atoms with E-state index >= 15 is 0 Å². The molecule has 26 heavy (non-hydrogen) atoms. The number of methoxy groups -OCH3 is 1. The summed E-state index contributed by atoms with van der Waals surface area (Å²) in [6.07, 6.45) is 1.22. The normalized spacial score (nSPS) is 21.7. The van der Waals surface area contributed by atoms with Crippen LogP contribution < -0.4 is 0 Å². The molecule has 2 bridgehead atoms. The highest BCUT2D eigenvalue weighted by Crippen LogP contribution is 2.43. The molecular weight excluding hydrogens is 364 g/mol. The topological polar surface area (TPSA) is 122 Å². The Kier molecular flexibility index (Phi) is 3.53. The number of carbonyl (C=O) groups excluding carboxylic acids is 2. The third-order valence-corrected chi connectivity index (χ3v) is 6.05. The maximum absolute atomic E-state index is 12.8. The first kappa shape index (κ1) is 16.5. The van der Waals surface area contributed by atoms with E-state index in [0.29, 0.717) is 5.06 Å². The zero-order valence-corrected chi connectivity index (χ0v) is 14.3. The Hall–Kier alpha value is -2.92. The number of rotatable bonds is 3. The highest BCUT2D eigenvalue weighted by Gasteiger charge is 2.52. The van der Waals surface area contributed by atoms with Gasteiger partial charge in [-0.25, -0.2) is 9.59 Å². The average molecular weight is 378 g/mol. The number of nitrogens with zero attached hydrogens (tertiary/aromatic N) is 4. The lowest BCUT2D eigenvalue weighted by Crippen LogP contribution is -2.39. The molecule has 1 aromatic heterocycles. The van der Waals surface area contributed by atoms with Gasteiger partial charge < -0.3 is 9.64 Å². The van der Waals surface area contributed by atoms with E-state index in [-0.39, 0.29) is 22.7 Å². The summed E-state index contributed by atoms with van der Waals surface area (Å²) in [5.74, 6) is -0.768. The fourth-order valence-corrected chi connectivity index (χ4v) is 4.39. The minimum atomic E-state index is -3.99. The van der Waals surface area contributed by atoms with E-state index in [2.05, 4.69) is 5.10 Å². The van der Waals surface area contributed by atoms with Gasteiger partial charge in [0.15, 0.2) is 6.04 Å². The van der Waals surface area contributed by atoms with Crippen molar-refractivity contribution in [3.05, 3.63) is 47.8 Å². The molecule has 10 nitrogen and oxygen atoms in total. The molecule has 2 aliphatic rings. The third kappa shape index (κ3) is 2.14. The van der Waals surface area contributed by atoms with Gasteiger partial charge in [0.2, 0.25) is 0 Å². The summed E-state index contributed by atoms with van der Waals surface area (Å²) in [5.41, 5.74) is 0.349. The second kappa shape index (κ2) is 5.54. The zero-order chi connectivity index (χ0) is 18.6. The molecule has 1 N–H and O–H groups in total. The second-order valence-corrected chi connectivity index (χ2v) is 7.68. The van der Waals surface area contributed by atoms with E-state index in [4.69, 9.17) is 4.74 Å². The van der Waals surface area contributed by atoms with Gasteiger partial charge in [0, 0.05) is 11.8 Å². The van der Waals surface area contributed by atoms with E-state index < -0.39 is 34.1 Å². The molecule has 1 fully saturated rings. The van der Waals surface area contributed by atoms with Crippen LogP contribution in [-0.2, 0) is 19.6 Å². The Morgan fingerprint density at radius 2 is 2.00 bits per heavy atom. The van der Waals surface area contributed by atoms with Gasteiger partial charge in [0.1, 0.15) is 11.7 Å². The molecular formula is C15H14N4O6S. The van der Waals surface area contributed by atoms with Crippen LogP contribution in [0.3, 0.4) is 0 Å². The number of amides is 2. The first-order chi connectivity index (χ1) is 12.4. The van der Waals surface area contributed by atoms with E-state index in [1.807, 2.05) is 0 Å². The van der Waals surface area contributed by atoms with Gasteiger partial charge in [0.05, 0.1) is 18.6 Å². The van der Waals surface area contributed by atoms with Crippen LogP contribution in [0.1, 0.15) is 23.3 Å². The van der Waals surface area contributed by atoms with Gasteiger partial charge in [-0.15, -0.1) is 0 Å². The SMILES string of the molecule is COC(=O)[C@@H]1c2nn(S(=O)(=O)c3ccccc3)cc2[C@@H]2CN1C(=O)N2O. The largest absolute Gasteiger partial charge is 0.467 e. The predicted molar refractivity (Wildman–Crippen MR) is 84.5 cm³/mol. The standard InChI is InChI=1S/C15H14N4O6S/c1-25-14(20)13-12-10(11-8-17(13)15(21)19(11)22)7-18(16-12)26(23,24)9-5-3-2-4-6-9/h2-7,11,13,22H,8H2,1H3/t11-,13-/m0/s1. The van der Waals surface area contributed by atoms with Crippen molar-refractivity contribution in [2.45, 2.75) is 17.0 Å².